The lowest BCUT2D eigenvalue weighted by molar-refractivity contribution is -0.157. The van der Waals surface area contributed by atoms with Crippen molar-refractivity contribution in [3.63, 3.8) is 0 Å². The predicted octanol–water partition coefficient (Wildman–Crippen LogP) is 7.06. The van der Waals surface area contributed by atoms with Crippen LogP contribution in [0.25, 0.3) is 45.6 Å². The average Bonchev–Trinajstić information content (AvgIpc) is 4.24. The van der Waals surface area contributed by atoms with Crippen LogP contribution in [0.15, 0.2) is 183 Å². The number of hydrogen-bond donors (Lipinski definition) is 0. The van der Waals surface area contributed by atoms with E-state index in [4.69, 9.17) is 9.97 Å². The molecule has 76 heavy (non-hydrogen) atoms. The van der Waals surface area contributed by atoms with E-state index in [0.29, 0.717) is 68.1 Å². The first-order valence-corrected chi connectivity index (χ1v) is 24.8. The van der Waals surface area contributed by atoms with Gasteiger partial charge in [0.2, 0.25) is 11.8 Å². The first-order chi connectivity index (χ1) is 37.1. The minimum Gasteiger partial charge on any atom is -0.326 e. The van der Waals surface area contributed by atoms with Crippen molar-refractivity contribution in [2.75, 3.05) is 22.9 Å². The molecule has 0 saturated carbocycles. The highest BCUT2D eigenvalue weighted by molar-refractivity contribution is 6.25. The van der Waals surface area contributed by atoms with E-state index < -0.39 is 58.9 Å². The van der Waals surface area contributed by atoms with Crippen molar-refractivity contribution in [2.45, 2.75) is 49.1 Å². The standard InChI is InChI=1S/C58H44N12O6/c71-51-49-31-57(53(73)69(39-15-3-1-4-16-39)55(75)67(57)33-37-27-45(41-19-7-11-23-59-41)63-46(28-37)42-20-8-12-24-60-42)35-65(49)52(72)50-32-58(36-66(50)51)54(74)70(40-17-5-2-6-18-40)56(76)68(58)34-38-29-47(43-21-9-13-25-61-43)64-48(30-38)44-22-10-14-26-62-44/h1-30,49-50H,31-36H2/t49-,50-,57-,58-/m0/s1. The summed E-state index contributed by atoms with van der Waals surface area (Å²) >= 11 is 0. The molecule has 11 heterocycles. The lowest BCUT2D eigenvalue weighted by atomic mass is 9.92. The molecule has 2 spiro atoms. The van der Waals surface area contributed by atoms with Crippen LogP contribution in [0, 0.1) is 0 Å². The number of piperazine rings is 1. The molecule has 13 rings (SSSR count). The zero-order valence-electron chi connectivity index (χ0n) is 40.5. The SMILES string of the molecule is O=C1[C@@H]2C[C@]3(CN2C(=O)[C@@H]2C[C@]4(CN12)C(=O)N(c1ccccc1)C(=O)N4Cc1cc(-c2ccccn2)nc(-c2ccccn2)c1)C(=O)N(c1ccccc1)C(=O)N3Cc1cc(-c2ccccn2)nc(-c2ccccn2)c1. The molecular weight excluding hydrogens is 961 g/mol. The Labute approximate surface area is 434 Å². The molecule has 4 atom stereocenters. The Balaban J connectivity index is 0.867. The van der Waals surface area contributed by atoms with Crippen molar-refractivity contribution in [1.82, 2.24) is 49.5 Å². The van der Waals surface area contributed by atoms with Crippen molar-refractivity contribution >= 4 is 47.1 Å². The third-order valence-electron chi connectivity index (χ3n) is 15.1. The molecule has 0 radical (unpaired) electrons. The smallest absolute Gasteiger partial charge is 0.326 e. The van der Waals surface area contributed by atoms with Gasteiger partial charge in [0, 0.05) is 50.7 Å². The molecule has 372 valence electrons. The number of aromatic nitrogens is 6. The van der Waals surface area contributed by atoms with Gasteiger partial charge in [-0.3, -0.25) is 39.1 Å². The Morgan fingerprint density at radius 3 is 1.01 bits per heavy atom. The predicted molar refractivity (Wildman–Crippen MR) is 277 cm³/mol. The number of fused-ring (bicyclic) bond motifs is 2. The van der Waals surface area contributed by atoms with Crippen molar-refractivity contribution in [1.29, 1.82) is 0 Å². The topological polar surface area (TPSA) is 199 Å². The van der Waals surface area contributed by atoms with E-state index in [2.05, 4.69) is 19.9 Å². The number of nitrogens with zero attached hydrogens (tertiary/aromatic N) is 12. The maximum Gasteiger partial charge on any atom is 0.332 e. The molecule has 2 aromatic carbocycles. The summed E-state index contributed by atoms with van der Waals surface area (Å²) in [4.78, 5) is 127. The van der Waals surface area contributed by atoms with E-state index in [0.717, 1.165) is 9.80 Å². The number of urea groups is 2. The van der Waals surface area contributed by atoms with Crippen LogP contribution in [0.2, 0.25) is 0 Å². The van der Waals surface area contributed by atoms with Crippen LogP contribution in [0.4, 0.5) is 21.0 Å². The number of carbonyl (C=O) groups is 6. The van der Waals surface area contributed by atoms with Crippen LogP contribution in [0.1, 0.15) is 24.0 Å². The first kappa shape index (κ1) is 46.0. The fourth-order valence-corrected chi connectivity index (χ4v) is 11.5. The van der Waals surface area contributed by atoms with E-state index in [1.165, 1.54) is 19.6 Å². The van der Waals surface area contributed by atoms with Crippen LogP contribution < -0.4 is 9.80 Å². The van der Waals surface area contributed by atoms with Gasteiger partial charge in [-0.1, -0.05) is 60.7 Å². The lowest BCUT2D eigenvalue weighted by Crippen LogP contribution is -2.60. The lowest BCUT2D eigenvalue weighted by Gasteiger charge is -2.38. The van der Waals surface area contributed by atoms with Gasteiger partial charge in [-0.05, 0) is 108 Å². The maximum atomic E-state index is 15.4. The van der Waals surface area contributed by atoms with Crippen LogP contribution in [-0.4, -0.2) is 121 Å². The van der Waals surface area contributed by atoms with Crippen LogP contribution in [-0.2, 0) is 32.3 Å². The second kappa shape index (κ2) is 18.0. The largest absolute Gasteiger partial charge is 0.332 e. The monoisotopic (exact) mass is 1000 g/mol. The molecule has 5 fully saturated rings. The van der Waals surface area contributed by atoms with Gasteiger partial charge in [0.25, 0.3) is 11.8 Å². The number of pyridine rings is 6. The number of hydrogen-bond acceptors (Lipinski definition) is 12. The molecule has 0 N–H and O–H groups in total. The van der Waals surface area contributed by atoms with Crippen molar-refractivity contribution in [3.05, 3.63) is 194 Å². The Kier molecular flexibility index (Phi) is 10.9. The highest BCUT2D eigenvalue weighted by Crippen LogP contribution is 2.49. The second-order valence-electron chi connectivity index (χ2n) is 19.5. The second-order valence-corrected chi connectivity index (χ2v) is 19.5. The number of benzene rings is 2. The number of rotatable bonds is 10. The number of imide groups is 2. The Bertz CT molecular complexity index is 3250. The van der Waals surface area contributed by atoms with Gasteiger partial charge >= 0.3 is 12.1 Å². The molecule has 0 aliphatic carbocycles. The highest BCUT2D eigenvalue weighted by Gasteiger charge is 2.71. The van der Waals surface area contributed by atoms with Crippen LogP contribution in [0.3, 0.4) is 0 Å². The molecule has 5 saturated heterocycles. The molecule has 8 aromatic rings. The minimum atomic E-state index is -1.69. The summed E-state index contributed by atoms with van der Waals surface area (Å²) in [5.74, 6) is -2.14. The summed E-state index contributed by atoms with van der Waals surface area (Å²) in [5, 5.41) is 0. The van der Waals surface area contributed by atoms with Crippen molar-refractivity contribution in [3.8, 4) is 45.6 Å². The van der Waals surface area contributed by atoms with Gasteiger partial charge in [-0.15, -0.1) is 0 Å². The third-order valence-corrected chi connectivity index (χ3v) is 15.1. The summed E-state index contributed by atoms with van der Waals surface area (Å²) in [6.07, 6.45) is 6.20. The van der Waals surface area contributed by atoms with Gasteiger partial charge < -0.3 is 19.6 Å². The normalized spacial score (nSPS) is 21.9. The Morgan fingerprint density at radius 2 is 0.711 bits per heavy atom. The summed E-state index contributed by atoms with van der Waals surface area (Å²) in [7, 11) is 0. The average molecular weight is 1010 g/mol. The molecule has 6 aromatic heterocycles. The summed E-state index contributed by atoms with van der Waals surface area (Å²) in [5.41, 5.74) is 2.89. The Hall–Kier alpha value is -9.84. The fraction of sp³-hybridized carbons (Fsp3) is 0.172. The van der Waals surface area contributed by atoms with Crippen molar-refractivity contribution < 1.29 is 28.8 Å². The van der Waals surface area contributed by atoms with Gasteiger partial charge in [0.05, 0.1) is 70.0 Å². The van der Waals surface area contributed by atoms with E-state index in [-0.39, 0.29) is 39.0 Å². The van der Waals surface area contributed by atoms with Crippen molar-refractivity contribution in [2.24, 2.45) is 0 Å². The molecule has 5 aliphatic rings. The van der Waals surface area contributed by atoms with E-state index in [1.807, 2.05) is 72.8 Å². The minimum absolute atomic E-state index is 0.102. The van der Waals surface area contributed by atoms with Gasteiger partial charge in [-0.2, -0.15) is 0 Å². The third kappa shape index (κ3) is 7.39. The molecule has 0 bridgehead atoms. The van der Waals surface area contributed by atoms with Crippen LogP contribution >= 0.6 is 0 Å². The zero-order valence-corrected chi connectivity index (χ0v) is 40.5. The molecule has 18 heteroatoms. The molecule has 8 amide bonds. The summed E-state index contributed by atoms with van der Waals surface area (Å²) < 4.78 is 0. The molecule has 18 nitrogen and oxygen atoms in total. The fourth-order valence-electron chi connectivity index (χ4n) is 11.5. The first-order valence-electron chi connectivity index (χ1n) is 24.8. The summed E-state index contributed by atoms with van der Waals surface area (Å²) in [6, 6.07) is 42.7. The quantitative estimate of drug-likeness (QED) is 0.127. The number of para-hydroxylation sites is 2. The number of carbonyl (C=O) groups excluding carboxylic acids is 6. The van der Waals surface area contributed by atoms with Gasteiger partial charge in [0.1, 0.15) is 23.2 Å². The maximum absolute atomic E-state index is 15.4. The van der Waals surface area contributed by atoms with Gasteiger partial charge in [0.15, 0.2) is 0 Å². The Morgan fingerprint density at radius 1 is 0.395 bits per heavy atom. The molecule has 5 aliphatic heterocycles. The van der Waals surface area contributed by atoms with E-state index in [1.54, 1.807) is 110 Å². The van der Waals surface area contributed by atoms with E-state index >= 15 is 28.8 Å². The highest BCUT2D eigenvalue weighted by atomic mass is 16.2. The summed E-state index contributed by atoms with van der Waals surface area (Å²) in [6.45, 7) is -0.797. The van der Waals surface area contributed by atoms with Gasteiger partial charge in [-0.25, -0.2) is 29.4 Å². The van der Waals surface area contributed by atoms with E-state index in [9.17, 15) is 0 Å². The van der Waals surface area contributed by atoms with Crippen LogP contribution in [0.5, 0.6) is 0 Å². The zero-order chi connectivity index (χ0) is 51.7. The number of amides is 8. The number of anilines is 2. The molecule has 0 unspecified atom stereocenters. The molecular formula is C58H44N12O6.